The average molecular weight is 242 g/mol. The quantitative estimate of drug-likeness (QED) is 0.549. The molecule has 0 heterocycles. The predicted octanol–water partition coefficient (Wildman–Crippen LogP) is 5.56. The molecular weight excluding hydrogens is 216 g/mol. The third kappa shape index (κ3) is 5.35. The minimum absolute atomic E-state index is 0.252. The van der Waals surface area contributed by atoms with Crippen molar-refractivity contribution in [2.24, 2.45) is 5.41 Å². The molecule has 1 rings (SSSR count). The highest BCUT2D eigenvalue weighted by Gasteiger charge is 2.18. The maximum Gasteiger partial charge on any atom is -0.0143 e. The second-order valence-corrected chi connectivity index (χ2v) is 5.66. The van der Waals surface area contributed by atoms with Crippen LogP contribution in [0.4, 0.5) is 0 Å². The second kappa shape index (κ2) is 7.20. The Morgan fingerprint density at radius 1 is 1.17 bits per heavy atom. The van der Waals surface area contributed by atoms with Crippen molar-refractivity contribution < 1.29 is 0 Å². The molecule has 0 aliphatic rings. The van der Waals surface area contributed by atoms with Gasteiger partial charge in [-0.2, -0.15) is 0 Å². The van der Waals surface area contributed by atoms with Crippen LogP contribution in [-0.2, 0) is 6.42 Å². The summed E-state index contributed by atoms with van der Waals surface area (Å²) in [6, 6.07) is 10.7. The van der Waals surface area contributed by atoms with E-state index in [-0.39, 0.29) is 5.41 Å². The Kier molecular flexibility index (Phi) is 5.91. The first-order valence-corrected chi connectivity index (χ1v) is 6.87. The van der Waals surface area contributed by atoms with Crippen molar-refractivity contribution in [1.29, 1.82) is 0 Å². The van der Waals surface area contributed by atoms with Crippen molar-refractivity contribution in [3.05, 3.63) is 60.2 Å². The van der Waals surface area contributed by atoms with Crippen molar-refractivity contribution in [1.82, 2.24) is 0 Å². The van der Waals surface area contributed by atoms with Crippen LogP contribution in [0.15, 0.2) is 54.6 Å². The largest absolute Gasteiger partial charge is 0.103 e. The van der Waals surface area contributed by atoms with Crippen molar-refractivity contribution in [2.75, 3.05) is 0 Å². The standard InChI is InChI=1S/C18H26/c1-5-18(4,14-9-10-16(2)3)15-13-17-11-7-6-8-12-17/h5-8,10-12H,1,9,13-15H2,2-4H3. The van der Waals surface area contributed by atoms with Gasteiger partial charge in [0, 0.05) is 0 Å². The Hall–Kier alpha value is -1.30. The van der Waals surface area contributed by atoms with Crippen LogP contribution in [0.2, 0.25) is 0 Å². The molecule has 98 valence electrons. The fourth-order valence-corrected chi connectivity index (χ4v) is 2.09. The van der Waals surface area contributed by atoms with Crippen LogP contribution in [0, 0.1) is 5.41 Å². The SMILES string of the molecule is C=CC(C)(CCC=C(C)C)CCc1ccccc1. The number of hydrogen-bond donors (Lipinski definition) is 0. The van der Waals surface area contributed by atoms with Gasteiger partial charge in [-0.25, -0.2) is 0 Å². The molecule has 0 aliphatic heterocycles. The summed E-state index contributed by atoms with van der Waals surface area (Å²) in [4.78, 5) is 0. The molecule has 0 N–H and O–H groups in total. The molecule has 0 radical (unpaired) electrons. The summed E-state index contributed by atoms with van der Waals surface area (Å²) >= 11 is 0. The van der Waals surface area contributed by atoms with Gasteiger partial charge in [-0.1, -0.05) is 55.0 Å². The van der Waals surface area contributed by atoms with Crippen LogP contribution in [0.3, 0.4) is 0 Å². The summed E-state index contributed by atoms with van der Waals surface area (Å²) in [5.41, 5.74) is 3.08. The van der Waals surface area contributed by atoms with E-state index in [1.165, 1.54) is 24.0 Å². The van der Waals surface area contributed by atoms with Crippen LogP contribution < -0.4 is 0 Å². The Labute approximate surface area is 112 Å². The molecule has 1 aromatic rings. The number of benzene rings is 1. The highest BCUT2D eigenvalue weighted by Crippen LogP contribution is 2.30. The minimum atomic E-state index is 0.252. The van der Waals surface area contributed by atoms with Crippen LogP contribution in [0.5, 0.6) is 0 Å². The van der Waals surface area contributed by atoms with E-state index >= 15 is 0 Å². The molecule has 18 heavy (non-hydrogen) atoms. The predicted molar refractivity (Wildman–Crippen MR) is 81.7 cm³/mol. The van der Waals surface area contributed by atoms with Crippen molar-refractivity contribution in [3.63, 3.8) is 0 Å². The van der Waals surface area contributed by atoms with Crippen LogP contribution >= 0.6 is 0 Å². The third-order valence-corrected chi connectivity index (χ3v) is 3.59. The monoisotopic (exact) mass is 242 g/mol. The molecule has 0 amide bonds. The molecule has 1 aromatic carbocycles. The van der Waals surface area contributed by atoms with Crippen molar-refractivity contribution >= 4 is 0 Å². The molecule has 0 aromatic heterocycles. The van der Waals surface area contributed by atoms with Gasteiger partial charge in [0.2, 0.25) is 0 Å². The van der Waals surface area contributed by atoms with Gasteiger partial charge in [0.25, 0.3) is 0 Å². The van der Waals surface area contributed by atoms with Crippen molar-refractivity contribution in [2.45, 2.75) is 46.5 Å². The van der Waals surface area contributed by atoms with E-state index in [1.54, 1.807) is 0 Å². The van der Waals surface area contributed by atoms with E-state index in [1.807, 2.05) is 0 Å². The smallest absolute Gasteiger partial charge is 0.0143 e. The fraction of sp³-hybridized carbons (Fsp3) is 0.444. The summed E-state index contributed by atoms with van der Waals surface area (Å²) in [5, 5.41) is 0. The molecule has 1 atom stereocenters. The van der Waals surface area contributed by atoms with Crippen LogP contribution in [-0.4, -0.2) is 0 Å². The zero-order valence-corrected chi connectivity index (χ0v) is 12.1. The van der Waals surface area contributed by atoms with Crippen LogP contribution in [0.1, 0.15) is 45.6 Å². The zero-order chi connectivity index (χ0) is 13.4. The van der Waals surface area contributed by atoms with E-state index < -0.39 is 0 Å². The lowest BCUT2D eigenvalue weighted by Gasteiger charge is -2.25. The van der Waals surface area contributed by atoms with Crippen molar-refractivity contribution in [3.8, 4) is 0 Å². The first-order chi connectivity index (χ1) is 8.56. The van der Waals surface area contributed by atoms with Crippen LogP contribution in [0.25, 0.3) is 0 Å². The van der Waals surface area contributed by atoms with E-state index in [4.69, 9.17) is 0 Å². The topological polar surface area (TPSA) is 0 Å². The highest BCUT2D eigenvalue weighted by atomic mass is 14.2. The number of hydrogen-bond acceptors (Lipinski definition) is 0. The Bertz CT molecular complexity index is 382. The van der Waals surface area contributed by atoms with Gasteiger partial charge >= 0.3 is 0 Å². The molecule has 0 saturated carbocycles. The molecule has 0 heteroatoms. The third-order valence-electron chi connectivity index (χ3n) is 3.59. The van der Waals surface area contributed by atoms with Gasteiger partial charge in [-0.3, -0.25) is 0 Å². The summed E-state index contributed by atoms with van der Waals surface area (Å²) in [7, 11) is 0. The molecular formula is C18H26. The molecule has 0 saturated heterocycles. The molecule has 0 aliphatic carbocycles. The zero-order valence-electron chi connectivity index (χ0n) is 12.1. The first-order valence-electron chi connectivity index (χ1n) is 6.87. The highest BCUT2D eigenvalue weighted by molar-refractivity contribution is 5.15. The maximum absolute atomic E-state index is 4.02. The fourth-order valence-electron chi connectivity index (χ4n) is 2.09. The van der Waals surface area contributed by atoms with E-state index in [0.717, 1.165) is 12.8 Å². The maximum atomic E-state index is 4.02. The van der Waals surface area contributed by atoms with Gasteiger partial charge < -0.3 is 0 Å². The van der Waals surface area contributed by atoms with E-state index in [2.05, 4.69) is 69.8 Å². The van der Waals surface area contributed by atoms with Gasteiger partial charge in [-0.15, -0.1) is 6.58 Å². The Morgan fingerprint density at radius 3 is 2.39 bits per heavy atom. The van der Waals surface area contributed by atoms with Gasteiger partial charge in [-0.05, 0) is 50.5 Å². The van der Waals surface area contributed by atoms with E-state index in [0.29, 0.717) is 0 Å². The molecule has 0 fully saturated rings. The van der Waals surface area contributed by atoms with E-state index in [9.17, 15) is 0 Å². The summed E-state index contributed by atoms with van der Waals surface area (Å²) in [5.74, 6) is 0. The number of allylic oxidation sites excluding steroid dienone is 3. The normalized spacial score (nSPS) is 13.7. The lowest BCUT2D eigenvalue weighted by molar-refractivity contribution is 0.364. The first kappa shape index (κ1) is 14.8. The molecule has 0 bridgehead atoms. The number of aryl methyl sites for hydroxylation is 1. The van der Waals surface area contributed by atoms with Gasteiger partial charge in [0.1, 0.15) is 0 Å². The molecule has 0 nitrogen and oxygen atoms in total. The Balaban J connectivity index is 2.49. The summed E-state index contributed by atoms with van der Waals surface area (Å²) in [6.45, 7) is 10.7. The number of rotatable bonds is 7. The summed E-state index contributed by atoms with van der Waals surface area (Å²) in [6.07, 6.45) is 9.11. The second-order valence-electron chi connectivity index (χ2n) is 5.66. The Morgan fingerprint density at radius 2 is 1.83 bits per heavy atom. The van der Waals surface area contributed by atoms with Gasteiger partial charge in [0.15, 0.2) is 0 Å². The van der Waals surface area contributed by atoms with Gasteiger partial charge in [0.05, 0.1) is 0 Å². The summed E-state index contributed by atoms with van der Waals surface area (Å²) < 4.78 is 0. The lowest BCUT2D eigenvalue weighted by Crippen LogP contribution is -2.13. The lowest BCUT2D eigenvalue weighted by atomic mass is 9.80. The molecule has 1 unspecified atom stereocenters. The molecule has 0 spiro atoms. The average Bonchev–Trinajstić information content (AvgIpc) is 2.37. The minimum Gasteiger partial charge on any atom is -0.103 e.